The molecule has 0 aliphatic rings. The van der Waals surface area contributed by atoms with Crippen LogP contribution in [0.5, 0.6) is 0 Å². The molecule has 0 aromatic carbocycles. The average molecular weight is 271 g/mol. The Kier molecular flexibility index (Phi) is 7.58. The number of Topliss-reactive ketones (excluding diaryl/α,β-unsaturated/α-hetero) is 1. The predicted octanol–water partition coefficient (Wildman–Crippen LogP) is 4.82. The van der Waals surface area contributed by atoms with Crippen molar-refractivity contribution >= 4 is 5.78 Å². The molecule has 116 valence electrons. The Morgan fingerprint density at radius 1 is 0.947 bits per heavy atom. The topological polar surface area (TPSA) is 29.1 Å². The van der Waals surface area contributed by atoms with Gasteiger partial charge in [-0.25, -0.2) is 0 Å². The van der Waals surface area contributed by atoms with Crippen LogP contribution in [0.15, 0.2) is 0 Å². The molecule has 0 heterocycles. The molecular weight excluding hydrogens is 234 g/mol. The molecule has 1 unspecified atom stereocenters. The zero-order chi connectivity index (χ0) is 14.8. The molecule has 0 spiro atoms. The summed E-state index contributed by atoms with van der Waals surface area (Å²) in [5.74, 6) is 0.321. The van der Waals surface area contributed by atoms with Crippen LogP contribution in [-0.2, 0) is 4.79 Å². The van der Waals surface area contributed by atoms with Gasteiger partial charge in [-0.2, -0.15) is 0 Å². The van der Waals surface area contributed by atoms with Gasteiger partial charge in [0, 0.05) is 11.0 Å². The van der Waals surface area contributed by atoms with Crippen LogP contribution in [0, 0.1) is 10.8 Å². The first kappa shape index (κ1) is 20.9. The van der Waals surface area contributed by atoms with E-state index < -0.39 is 0 Å². The molecule has 0 rings (SSSR count). The Morgan fingerprint density at radius 3 is 1.63 bits per heavy atom. The van der Waals surface area contributed by atoms with Crippen molar-refractivity contribution in [1.82, 2.24) is 5.32 Å². The Morgan fingerprint density at radius 2 is 1.37 bits per heavy atom. The van der Waals surface area contributed by atoms with E-state index in [1.807, 2.05) is 20.8 Å². The van der Waals surface area contributed by atoms with Crippen LogP contribution in [0.25, 0.3) is 0 Å². The van der Waals surface area contributed by atoms with Crippen LogP contribution < -0.4 is 5.32 Å². The summed E-state index contributed by atoms with van der Waals surface area (Å²) < 4.78 is 0. The van der Waals surface area contributed by atoms with Crippen molar-refractivity contribution in [1.29, 1.82) is 0 Å². The standard InChI is InChI=1S/C16H33NO.CH4/c1-14(2,3)11-10-12(17-16(7,8)9)13(18)15(4,5)6;/h12,17H,10-11H2,1-9H3;1H4. The second-order valence-electron chi connectivity index (χ2n) is 8.66. The highest BCUT2D eigenvalue weighted by atomic mass is 16.1. The quantitative estimate of drug-likeness (QED) is 0.794. The van der Waals surface area contributed by atoms with E-state index in [1.165, 1.54) is 0 Å². The maximum absolute atomic E-state index is 12.5. The first-order valence-electron chi connectivity index (χ1n) is 7.04. The summed E-state index contributed by atoms with van der Waals surface area (Å²) in [5.41, 5.74) is -0.0275. The third-order valence-corrected chi connectivity index (χ3v) is 2.85. The van der Waals surface area contributed by atoms with Gasteiger partial charge in [0.1, 0.15) is 0 Å². The van der Waals surface area contributed by atoms with Crippen LogP contribution in [-0.4, -0.2) is 17.4 Å². The van der Waals surface area contributed by atoms with Gasteiger partial charge in [-0.3, -0.25) is 4.79 Å². The molecular formula is C17H37NO. The van der Waals surface area contributed by atoms with Crippen molar-refractivity contribution in [2.24, 2.45) is 10.8 Å². The molecule has 1 atom stereocenters. The number of hydrogen-bond donors (Lipinski definition) is 1. The molecule has 0 bridgehead atoms. The van der Waals surface area contributed by atoms with Crippen LogP contribution in [0.1, 0.15) is 82.6 Å². The largest absolute Gasteiger partial charge is 0.303 e. The highest BCUT2D eigenvalue weighted by Crippen LogP contribution is 2.26. The monoisotopic (exact) mass is 271 g/mol. The average Bonchev–Trinajstić information content (AvgIpc) is 2.06. The number of rotatable bonds is 4. The van der Waals surface area contributed by atoms with E-state index in [1.54, 1.807) is 0 Å². The van der Waals surface area contributed by atoms with Crippen molar-refractivity contribution in [3.63, 3.8) is 0 Å². The predicted molar refractivity (Wildman–Crippen MR) is 86.6 cm³/mol. The van der Waals surface area contributed by atoms with Crippen LogP contribution in [0.4, 0.5) is 0 Å². The fourth-order valence-corrected chi connectivity index (χ4v) is 1.89. The molecule has 0 saturated heterocycles. The van der Waals surface area contributed by atoms with E-state index in [-0.39, 0.29) is 29.8 Å². The molecule has 0 aromatic heterocycles. The van der Waals surface area contributed by atoms with Gasteiger partial charge in [0.05, 0.1) is 6.04 Å². The molecule has 1 N–H and O–H groups in total. The van der Waals surface area contributed by atoms with Crippen LogP contribution in [0.3, 0.4) is 0 Å². The lowest BCUT2D eigenvalue weighted by atomic mass is 9.81. The van der Waals surface area contributed by atoms with Gasteiger partial charge in [-0.05, 0) is 39.0 Å². The van der Waals surface area contributed by atoms with Gasteiger partial charge in [0.15, 0.2) is 5.78 Å². The fourth-order valence-electron chi connectivity index (χ4n) is 1.89. The summed E-state index contributed by atoms with van der Waals surface area (Å²) in [6, 6.07) is -0.0378. The van der Waals surface area contributed by atoms with Crippen molar-refractivity contribution < 1.29 is 4.79 Å². The van der Waals surface area contributed by atoms with E-state index in [0.717, 1.165) is 12.8 Å². The Bertz CT molecular complexity index is 273. The number of carbonyl (C=O) groups is 1. The number of hydrogen-bond acceptors (Lipinski definition) is 2. The van der Waals surface area contributed by atoms with Crippen molar-refractivity contribution in [2.45, 2.75) is 94.2 Å². The van der Waals surface area contributed by atoms with E-state index >= 15 is 0 Å². The lowest BCUT2D eigenvalue weighted by Crippen LogP contribution is -2.51. The highest BCUT2D eigenvalue weighted by Gasteiger charge is 2.32. The summed E-state index contributed by atoms with van der Waals surface area (Å²) in [6.07, 6.45) is 1.97. The summed E-state index contributed by atoms with van der Waals surface area (Å²) in [4.78, 5) is 12.5. The molecule has 0 amide bonds. The molecule has 0 aliphatic carbocycles. The van der Waals surface area contributed by atoms with Gasteiger partial charge in [-0.15, -0.1) is 0 Å². The summed E-state index contributed by atoms with van der Waals surface area (Å²) in [7, 11) is 0. The molecule has 2 nitrogen and oxygen atoms in total. The fraction of sp³-hybridized carbons (Fsp3) is 0.941. The minimum absolute atomic E-state index is 0. The first-order valence-corrected chi connectivity index (χ1v) is 7.04. The minimum atomic E-state index is -0.277. The molecule has 0 fully saturated rings. The molecule has 2 heteroatoms. The van der Waals surface area contributed by atoms with Gasteiger partial charge in [0.25, 0.3) is 0 Å². The minimum Gasteiger partial charge on any atom is -0.303 e. The molecule has 0 aromatic rings. The van der Waals surface area contributed by atoms with Crippen LogP contribution in [0.2, 0.25) is 0 Å². The Hall–Kier alpha value is -0.370. The first-order chi connectivity index (χ1) is 7.72. The highest BCUT2D eigenvalue weighted by molar-refractivity contribution is 5.88. The Labute approximate surface area is 121 Å². The second kappa shape index (κ2) is 6.88. The number of nitrogens with one attached hydrogen (secondary N) is 1. The van der Waals surface area contributed by atoms with Gasteiger partial charge in [-0.1, -0.05) is 49.0 Å². The lowest BCUT2D eigenvalue weighted by Gasteiger charge is -2.33. The zero-order valence-electron chi connectivity index (χ0n) is 13.9. The van der Waals surface area contributed by atoms with E-state index in [9.17, 15) is 4.79 Å². The summed E-state index contributed by atoms with van der Waals surface area (Å²) in [6.45, 7) is 19.0. The van der Waals surface area contributed by atoms with Gasteiger partial charge >= 0.3 is 0 Å². The molecule has 0 saturated carbocycles. The summed E-state index contributed by atoms with van der Waals surface area (Å²) >= 11 is 0. The maximum atomic E-state index is 12.5. The smallest absolute Gasteiger partial charge is 0.155 e. The van der Waals surface area contributed by atoms with Crippen molar-refractivity contribution in [3.8, 4) is 0 Å². The van der Waals surface area contributed by atoms with Crippen molar-refractivity contribution in [2.75, 3.05) is 0 Å². The number of carbonyl (C=O) groups excluding carboxylic acids is 1. The SMILES string of the molecule is C.CC(C)(C)CCC(NC(C)(C)C)C(=O)C(C)(C)C. The van der Waals surface area contributed by atoms with Gasteiger partial charge in [0.2, 0.25) is 0 Å². The van der Waals surface area contributed by atoms with E-state index in [4.69, 9.17) is 0 Å². The van der Waals surface area contributed by atoms with E-state index in [2.05, 4.69) is 46.9 Å². The van der Waals surface area contributed by atoms with Crippen LogP contribution >= 0.6 is 0 Å². The number of ketones is 1. The third-order valence-electron chi connectivity index (χ3n) is 2.85. The third kappa shape index (κ3) is 10.1. The Balaban J connectivity index is 0. The maximum Gasteiger partial charge on any atom is 0.155 e. The summed E-state index contributed by atoms with van der Waals surface area (Å²) in [5, 5.41) is 3.49. The molecule has 0 radical (unpaired) electrons. The lowest BCUT2D eigenvalue weighted by molar-refractivity contribution is -0.129. The molecule has 19 heavy (non-hydrogen) atoms. The van der Waals surface area contributed by atoms with Gasteiger partial charge < -0.3 is 5.32 Å². The second-order valence-corrected chi connectivity index (χ2v) is 8.66. The van der Waals surface area contributed by atoms with E-state index in [0.29, 0.717) is 5.78 Å². The molecule has 0 aliphatic heterocycles. The zero-order valence-corrected chi connectivity index (χ0v) is 13.9. The van der Waals surface area contributed by atoms with Crippen molar-refractivity contribution in [3.05, 3.63) is 0 Å². The normalized spacial score (nSPS) is 14.8.